The van der Waals surface area contributed by atoms with E-state index in [4.69, 9.17) is 5.73 Å². The quantitative estimate of drug-likeness (QED) is 0.805. The molecule has 2 heteroatoms. The molecule has 13 heavy (non-hydrogen) atoms. The van der Waals surface area contributed by atoms with Crippen LogP contribution in [0.3, 0.4) is 0 Å². The van der Waals surface area contributed by atoms with Crippen LogP contribution < -0.4 is 5.73 Å². The van der Waals surface area contributed by atoms with Gasteiger partial charge in [0.25, 0.3) is 0 Å². The number of halogens is 1. The fourth-order valence-electron chi connectivity index (χ4n) is 1.21. The van der Waals surface area contributed by atoms with E-state index in [9.17, 15) is 0 Å². The van der Waals surface area contributed by atoms with Gasteiger partial charge in [-0.1, -0.05) is 34.1 Å². The van der Waals surface area contributed by atoms with Crippen molar-refractivity contribution in [3.8, 4) is 0 Å². The van der Waals surface area contributed by atoms with Gasteiger partial charge in [-0.2, -0.15) is 0 Å². The normalized spacial score (nSPS) is 12.5. The molecule has 2 N–H and O–H groups in total. The van der Waals surface area contributed by atoms with Gasteiger partial charge in [-0.05, 0) is 30.5 Å². The second-order valence-electron chi connectivity index (χ2n) is 3.14. The van der Waals surface area contributed by atoms with Crippen molar-refractivity contribution in [1.82, 2.24) is 0 Å². The number of hydrogen-bond acceptors (Lipinski definition) is 1. The van der Waals surface area contributed by atoms with Crippen molar-refractivity contribution in [3.05, 3.63) is 46.5 Å². The molecule has 0 saturated carbocycles. The summed E-state index contributed by atoms with van der Waals surface area (Å²) >= 11 is 3.46. The molecule has 0 spiro atoms. The lowest BCUT2D eigenvalue weighted by atomic mass is 10.0. The lowest BCUT2D eigenvalue weighted by molar-refractivity contribution is 0.741. The molecule has 1 aromatic rings. The minimum atomic E-state index is 0.0734. The molecule has 0 amide bonds. The summed E-state index contributed by atoms with van der Waals surface area (Å²) in [6, 6.07) is 6.27. The standard InChI is InChI=1S/C11H14BrN/c1-3-4-11(13)9-5-6-10(12)8(2)7-9/h3,5-7,11H,1,4,13H2,2H3/t11-/m1/s1. The van der Waals surface area contributed by atoms with Crippen LogP contribution in [0.2, 0.25) is 0 Å². The summed E-state index contributed by atoms with van der Waals surface area (Å²) in [5.41, 5.74) is 8.32. The first-order chi connectivity index (χ1) is 6.15. The van der Waals surface area contributed by atoms with Gasteiger partial charge in [0.1, 0.15) is 0 Å². The molecule has 0 saturated heterocycles. The van der Waals surface area contributed by atoms with Gasteiger partial charge in [-0.3, -0.25) is 0 Å². The predicted molar refractivity (Wildman–Crippen MR) is 60.6 cm³/mol. The lowest BCUT2D eigenvalue weighted by Gasteiger charge is -2.10. The first-order valence-corrected chi connectivity index (χ1v) is 5.07. The van der Waals surface area contributed by atoms with E-state index in [-0.39, 0.29) is 6.04 Å². The van der Waals surface area contributed by atoms with Crippen LogP contribution in [0.1, 0.15) is 23.6 Å². The summed E-state index contributed by atoms with van der Waals surface area (Å²) in [6.07, 6.45) is 2.67. The van der Waals surface area contributed by atoms with E-state index >= 15 is 0 Å². The maximum Gasteiger partial charge on any atom is 0.0329 e. The molecule has 0 fully saturated rings. The molecule has 0 aromatic heterocycles. The second-order valence-corrected chi connectivity index (χ2v) is 3.99. The smallest absolute Gasteiger partial charge is 0.0329 e. The predicted octanol–water partition coefficient (Wildman–Crippen LogP) is 3.33. The van der Waals surface area contributed by atoms with E-state index in [1.165, 1.54) is 11.1 Å². The van der Waals surface area contributed by atoms with E-state index in [1.807, 2.05) is 18.2 Å². The second kappa shape index (κ2) is 4.58. The third kappa shape index (κ3) is 2.68. The van der Waals surface area contributed by atoms with Crippen LogP contribution >= 0.6 is 15.9 Å². The number of rotatable bonds is 3. The number of nitrogens with two attached hydrogens (primary N) is 1. The summed E-state index contributed by atoms with van der Waals surface area (Å²) in [4.78, 5) is 0. The van der Waals surface area contributed by atoms with Crippen LogP contribution in [0.15, 0.2) is 35.3 Å². The van der Waals surface area contributed by atoms with Gasteiger partial charge >= 0.3 is 0 Å². The number of aryl methyl sites for hydroxylation is 1. The highest BCUT2D eigenvalue weighted by atomic mass is 79.9. The Morgan fingerprint density at radius 3 is 2.85 bits per heavy atom. The molecular formula is C11H14BrN. The SMILES string of the molecule is C=CC[C@@H](N)c1ccc(Br)c(C)c1. The number of benzene rings is 1. The zero-order valence-electron chi connectivity index (χ0n) is 7.76. The van der Waals surface area contributed by atoms with E-state index < -0.39 is 0 Å². The third-order valence-electron chi connectivity index (χ3n) is 2.03. The van der Waals surface area contributed by atoms with E-state index in [0.717, 1.165) is 10.9 Å². The minimum Gasteiger partial charge on any atom is -0.324 e. The maximum atomic E-state index is 5.94. The Hall–Kier alpha value is -0.600. The highest BCUT2D eigenvalue weighted by Crippen LogP contribution is 2.21. The summed E-state index contributed by atoms with van der Waals surface area (Å²) in [6.45, 7) is 5.74. The van der Waals surface area contributed by atoms with Crippen molar-refractivity contribution in [2.24, 2.45) is 5.73 Å². The van der Waals surface area contributed by atoms with Crippen molar-refractivity contribution in [2.45, 2.75) is 19.4 Å². The average molecular weight is 240 g/mol. The third-order valence-corrected chi connectivity index (χ3v) is 2.92. The van der Waals surface area contributed by atoms with Crippen LogP contribution in [-0.2, 0) is 0 Å². The zero-order valence-corrected chi connectivity index (χ0v) is 9.34. The van der Waals surface area contributed by atoms with Crippen molar-refractivity contribution in [1.29, 1.82) is 0 Å². The van der Waals surface area contributed by atoms with Gasteiger partial charge in [0.05, 0.1) is 0 Å². The molecule has 1 atom stereocenters. The van der Waals surface area contributed by atoms with Gasteiger partial charge < -0.3 is 5.73 Å². The highest BCUT2D eigenvalue weighted by Gasteiger charge is 2.04. The van der Waals surface area contributed by atoms with Crippen molar-refractivity contribution >= 4 is 15.9 Å². The average Bonchev–Trinajstić information content (AvgIpc) is 2.10. The molecule has 1 aromatic carbocycles. The molecule has 0 aliphatic carbocycles. The topological polar surface area (TPSA) is 26.0 Å². The molecule has 0 aliphatic heterocycles. The van der Waals surface area contributed by atoms with Crippen LogP contribution in [0.25, 0.3) is 0 Å². The zero-order chi connectivity index (χ0) is 9.84. The van der Waals surface area contributed by atoms with Gasteiger partial charge in [0.15, 0.2) is 0 Å². The van der Waals surface area contributed by atoms with Crippen LogP contribution in [-0.4, -0.2) is 0 Å². The van der Waals surface area contributed by atoms with E-state index in [2.05, 4.69) is 35.5 Å². The fraction of sp³-hybridized carbons (Fsp3) is 0.273. The molecule has 0 bridgehead atoms. The molecule has 70 valence electrons. The van der Waals surface area contributed by atoms with Gasteiger partial charge in [-0.25, -0.2) is 0 Å². The molecule has 1 rings (SSSR count). The largest absolute Gasteiger partial charge is 0.324 e. The number of hydrogen-bond donors (Lipinski definition) is 1. The first kappa shape index (κ1) is 10.5. The van der Waals surface area contributed by atoms with Crippen LogP contribution in [0.5, 0.6) is 0 Å². The molecule has 1 nitrogen and oxygen atoms in total. The van der Waals surface area contributed by atoms with Crippen LogP contribution in [0, 0.1) is 6.92 Å². The Morgan fingerprint density at radius 2 is 2.31 bits per heavy atom. The van der Waals surface area contributed by atoms with E-state index in [0.29, 0.717) is 0 Å². The molecule has 0 radical (unpaired) electrons. The summed E-state index contributed by atoms with van der Waals surface area (Å²) < 4.78 is 1.13. The lowest BCUT2D eigenvalue weighted by Crippen LogP contribution is -2.08. The Balaban J connectivity index is 2.89. The van der Waals surface area contributed by atoms with Gasteiger partial charge in [-0.15, -0.1) is 6.58 Å². The molecule has 0 heterocycles. The maximum absolute atomic E-state index is 5.94. The van der Waals surface area contributed by atoms with Crippen LogP contribution in [0.4, 0.5) is 0 Å². The van der Waals surface area contributed by atoms with Crippen molar-refractivity contribution < 1.29 is 0 Å². The molecule has 0 unspecified atom stereocenters. The first-order valence-electron chi connectivity index (χ1n) is 4.27. The Bertz CT molecular complexity index is 307. The summed E-state index contributed by atoms with van der Waals surface area (Å²) in [5.74, 6) is 0. The molecular weight excluding hydrogens is 226 g/mol. The van der Waals surface area contributed by atoms with Gasteiger partial charge in [0.2, 0.25) is 0 Å². The minimum absolute atomic E-state index is 0.0734. The van der Waals surface area contributed by atoms with Crippen molar-refractivity contribution in [3.63, 3.8) is 0 Å². The highest BCUT2D eigenvalue weighted by molar-refractivity contribution is 9.10. The Kier molecular flexibility index (Phi) is 3.70. The Morgan fingerprint density at radius 1 is 1.62 bits per heavy atom. The van der Waals surface area contributed by atoms with Crippen molar-refractivity contribution in [2.75, 3.05) is 0 Å². The van der Waals surface area contributed by atoms with E-state index in [1.54, 1.807) is 0 Å². The summed E-state index contributed by atoms with van der Waals surface area (Å²) in [7, 11) is 0. The molecule has 0 aliphatic rings. The fourth-order valence-corrected chi connectivity index (χ4v) is 1.46. The summed E-state index contributed by atoms with van der Waals surface area (Å²) in [5, 5.41) is 0. The Labute approximate surface area is 87.8 Å². The monoisotopic (exact) mass is 239 g/mol. The van der Waals surface area contributed by atoms with Gasteiger partial charge in [0, 0.05) is 10.5 Å².